The molecule has 0 saturated heterocycles. The summed E-state index contributed by atoms with van der Waals surface area (Å²) in [6.45, 7) is 6.83. The molecule has 1 aromatic rings. The maximum Gasteiger partial charge on any atom is 0.251 e. The highest BCUT2D eigenvalue weighted by atomic mass is 79.9. The van der Waals surface area contributed by atoms with E-state index in [0.29, 0.717) is 24.6 Å². The summed E-state index contributed by atoms with van der Waals surface area (Å²) in [5.74, 6) is 0.157. The molecule has 5 nitrogen and oxygen atoms in total. The summed E-state index contributed by atoms with van der Waals surface area (Å²) in [4.78, 5) is 24.0. The van der Waals surface area contributed by atoms with Crippen molar-refractivity contribution in [2.24, 2.45) is 11.7 Å². The second-order valence-electron chi connectivity index (χ2n) is 6.42. The van der Waals surface area contributed by atoms with E-state index in [1.807, 2.05) is 6.92 Å². The minimum absolute atomic E-state index is 0. The number of nitrogens with one attached hydrogen (secondary N) is 2. The van der Waals surface area contributed by atoms with Gasteiger partial charge in [-0.3, -0.25) is 9.59 Å². The van der Waals surface area contributed by atoms with Gasteiger partial charge < -0.3 is 16.4 Å². The topological polar surface area (TPSA) is 84.2 Å². The van der Waals surface area contributed by atoms with Crippen LogP contribution in [0.5, 0.6) is 0 Å². The summed E-state index contributed by atoms with van der Waals surface area (Å²) in [6, 6.07) is 7.07. The van der Waals surface area contributed by atoms with Crippen LogP contribution in [0.1, 0.15) is 44.0 Å². The molecule has 0 spiro atoms. The Morgan fingerprint density at radius 2 is 1.83 bits per heavy atom. The van der Waals surface area contributed by atoms with Gasteiger partial charge in [0.25, 0.3) is 5.91 Å². The van der Waals surface area contributed by atoms with E-state index in [4.69, 9.17) is 5.73 Å². The van der Waals surface area contributed by atoms with Gasteiger partial charge in [-0.25, -0.2) is 0 Å². The first kappa shape index (κ1) is 22.9. The van der Waals surface area contributed by atoms with Crippen molar-refractivity contribution in [2.75, 3.05) is 13.1 Å². The molecule has 24 heavy (non-hydrogen) atoms. The van der Waals surface area contributed by atoms with Gasteiger partial charge in [0.05, 0.1) is 0 Å². The molecule has 1 rings (SSSR count). The number of nitrogens with two attached hydrogens (primary N) is 1. The monoisotopic (exact) mass is 419 g/mol. The van der Waals surface area contributed by atoms with Crippen LogP contribution in [0.4, 0.5) is 0 Å². The lowest BCUT2D eigenvalue weighted by Gasteiger charge is -2.31. The predicted octanol–water partition coefficient (Wildman–Crippen LogP) is 2.87. The van der Waals surface area contributed by atoms with E-state index in [9.17, 15) is 9.59 Å². The molecule has 0 aromatic heterocycles. The van der Waals surface area contributed by atoms with Crippen molar-refractivity contribution in [1.82, 2.24) is 10.6 Å². The molecule has 2 amide bonds. The van der Waals surface area contributed by atoms with Gasteiger partial charge in [-0.2, -0.15) is 0 Å². The second kappa shape index (κ2) is 10.7. The van der Waals surface area contributed by atoms with Gasteiger partial charge in [0.2, 0.25) is 5.91 Å². The molecule has 136 valence electrons. The highest BCUT2D eigenvalue weighted by molar-refractivity contribution is 9.10. The van der Waals surface area contributed by atoms with Crippen molar-refractivity contribution in [3.8, 4) is 0 Å². The van der Waals surface area contributed by atoms with Gasteiger partial charge in [-0.1, -0.05) is 29.8 Å². The van der Waals surface area contributed by atoms with Crippen LogP contribution in [0.15, 0.2) is 28.7 Å². The molecule has 0 aliphatic rings. The van der Waals surface area contributed by atoms with Crippen molar-refractivity contribution in [3.05, 3.63) is 34.3 Å². The highest BCUT2D eigenvalue weighted by Crippen LogP contribution is 2.15. The molecule has 0 heterocycles. The number of halogens is 2. The Balaban J connectivity index is 0.00000529. The van der Waals surface area contributed by atoms with Crippen LogP contribution in [0.2, 0.25) is 0 Å². The van der Waals surface area contributed by atoms with Crippen LogP contribution in [0, 0.1) is 5.92 Å². The predicted molar refractivity (Wildman–Crippen MR) is 103 cm³/mol. The smallest absolute Gasteiger partial charge is 0.251 e. The van der Waals surface area contributed by atoms with Crippen LogP contribution < -0.4 is 16.4 Å². The number of rotatable bonds is 8. The third-order valence-electron chi connectivity index (χ3n) is 3.49. The zero-order chi connectivity index (χ0) is 17.5. The van der Waals surface area contributed by atoms with Crippen molar-refractivity contribution in [3.63, 3.8) is 0 Å². The standard InChI is InChI=1S/C17H26BrN3O2.ClH/c1-12(2)10-17(3,11-19)21-15(22)8-9-20-16(23)13-4-6-14(18)7-5-13;/h4-7,12H,8-11,19H2,1-3H3,(H,20,23)(H,21,22);1H. The minimum atomic E-state index is -0.402. The fourth-order valence-corrected chi connectivity index (χ4v) is 2.74. The quantitative estimate of drug-likeness (QED) is 0.604. The van der Waals surface area contributed by atoms with Crippen molar-refractivity contribution >= 4 is 40.2 Å². The van der Waals surface area contributed by atoms with Gasteiger partial charge >= 0.3 is 0 Å². The average Bonchev–Trinajstić information content (AvgIpc) is 2.46. The van der Waals surface area contributed by atoms with Gasteiger partial charge in [0.1, 0.15) is 0 Å². The fraction of sp³-hybridized carbons (Fsp3) is 0.529. The fourth-order valence-electron chi connectivity index (χ4n) is 2.48. The Morgan fingerprint density at radius 1 is 1.25 bits per heavy atom. The summed E-state index contributed by atoms with van der Waals surface area (Å²) in [5, 5.41) is 5.72. The maximum absolute atomic E-state index is 12.0. The molecule has 0 bridgehead atoms. The molecule has 1 unspecified atom stereocenters. The largest absolute Gasteiger partial charge is 0.352 e. The molecule has 1 aromatic carbocycles. The Bertz CT molecular complexity index is 537. The molecule has 0 aliphatic heterocycles. The Labute approximate surface area is 158 Å². The molecule has 1 atom stereocenters. The normalized spacial score (nSPS) is 12.9. The number of hydrogen-bond donors (Lipinski definition) is 3. The summed E-state index contributed by atoms with van der Waals surface area (Å²) < 4.78 is 0.916. The number of carbonyl (C=O) groups is 2. The maximum atomic E-state index is 12.0. The van der Waals surface area contributed by atoms with E-state index < -0.39 is 5.54 Å². The third kappa shape index (κ3) is 8.13. The summed E-state index contributed by atoms with van der Waals surface area (Å²) >= 11 is 3.32. The zero-order valence-electron chi connectivity index (χ0n) is 14.4. The van der Waals surface area contributed by atoms with Crippen LogP contribution >= 0.6 is 28.3 Å². The first-order valence-corrected chi connectivity index (χ1v) is 8.60. The molecule has 0 aliphatic carbocycles. The molecule has 0 saturated carbocycles. The van der Waals surface area contributed by atoms with Crippen LogP contribution in [0.3, 0.4) is 0 Å². The lowest BCUT2D eigenvalue weighted by atomic mass is 9.90. The number of amides is 2. The summed E-state index contributed by atoms with van der Waals surface area (Å²) in [5.41, 5.74) is 5.95. The average molecular weight is 421 g/mol. The van der Waals surface area contributed by atoms with Gasteiger partial charge in [0, 0.05) is 35.1 Å². The van der Waals surface area contributed by atoms with Gasteiger partial charge in [-0.05, 0) is 43.5 Å². The number of carbonyl (C=O) groups excluding carboxylic acids is 2. The number of benzene rings is 1. The van der Waals surface area contributed by atoms with E-state index in [0.717, 1.165) is 10.9 Å². The van der Waals surface area contributed by atoms with Crippen LogP contribution in [0.25, 0.3) is 0 Å². The summed E-state index contributed by atoms with van der Waals surface area (Å²) in [7, 11) is 0. The lowest BCUT2D eigenvalue weighted by molar-refractivity contribution is -0.122. The molecular weight excluding hydrogens is 394 g/mol. The van der Waals surface area contributed by atoms with E-state index >= 15 is 0 Å². The Kier molecular flexibility index (Phi) is 10.2. The van der Waals surface area contributed by atoms with Crippen molar-refractivity contribution in [1.29, 1.82) is 0 Å². The minimum Gasteiger partial charge on any atom is -0.352 e. The third-order valence-corrected chi connectivity index (χ3v) is 4.02. The molecule has 7 heteroatoms. The molecule has 0 fully saturated rings. The van der Waals surface area contributed by atoms with E-state index in [-0.39, 0.29) is 30.6 Å². The van der Waals surface area contributed by atoms with Crippen molar-refractivity contribution in [2.45, 2.75) is 39.2 Å². The second-order valence-corrected chi connectivity index (χ2v) is 7.34. The summed E-state index contributed by atoms with van der Waals surface area (Å²) in [6.07, 6.45) is 1.05. The van der Waals surface area contributed by atoms with E-state index in [1.165, 1.54) is 0 Å². The Hall–Kier alpha value is -1.11. The van der Waals surface area contributed by atoms with E-state index in [2.05, 4.69) is 40.4 Å². The first-order chi connectivity index (χ1) is 10.8. The van der Waals surface area contributed by atoms with Crippen molar-refractivity contribution < 1.29 is 9.59 Å². The van der Waals surface area contributed by atoms with Crippen LogP contribution in [-0.4, -0.2) is 30.4 Å². The molecule has 4 N–H and O–H groups in total. The van der Waals surface area contributed by atoms with E-state index in [1.54, 1.807) is 24.3 Å². The Morgan fingerprint density at radius 3 is 2.33 bits per heavy atom. The first-order valence-electron chi connectivity index (χ1n) is 7.80. The molecular formula is C17H27BrClN3O2. The molecule has 0 radical (unpaired) electrons. The lowest BCUT2D eigenvalue weighted by Crippen LogP contribution is -2.52. The zero-order valence-corrected chi connectivity index (χ0v) is 16.8. The number of hydrogen-bond acceptors (Lipinski definition) is 3. The van der Waals surface area contributed by atoms with Crippen LogP contribution in [-0.2, 0) is 4.79 Å². The SMILES string of the molecule is CC(C)CC(C)(CN)NC(=O)CCNC(=O)c1ccc(Br)cc1.Cl. The van der Waals surface area contributed by atoms with Gasteiger partial charge in [-0.15, -0.1) is 12.4 Å². The highest BCUT2D eigenvalue weighted by Gasteiger charge is 2.25. The van der Waals surface area contributed by atoms with Gasteiger partial charge in [0.15, 0.2) is 0 Å².